The fourth-order valence-corrected chi connectivity index (χ4v) is 2.62. The van der Waals surface area contributed by atoms with Gasteiger partial charge in [0.15, 0.2) is 0 Å². The highest BCUT2D eigenvalue weighted by molar-refractivity contribution is 5.94. The van der Waals surface area contributed by atoms with Gasteiger partial charge in [0, 0.05) is 17.2 Å². The highest BCUT2D eigenvalue weighted by Gasteiger charge is 2.30. The van der Waals surface area contributed by atoms with Crippen molar-refractivity contribution in [3.63, 3.8) is 0 Å². The highest BCUT2D eigenvalue weighted by atomic mass is 16.5. The van der Waals surface area contributed by atoms with E-state index in [2.05, 4.69) is 31.3 Å². The van der Waals surface area contributed by atoms with Gasteiger partial charge in [0.05, 0.1) is 0 Å². The molecule has 1 aliphatic heterocycles. The number of carbonyl (C=O) groups excluding carboxylic acids is 1. The van der Waals surface area contributed by atoms with Gasteiger partial charge in [0.2, 0.25) is 5.91 Å². The second-order valence-corrected chi connectivity index (χ2v) is 6.01. The van der Waals surface area contributed by atoms with E-state index in [0.29, 0.717) is 0 Å². The molecule has 1 atom stereocenters. The van der Waals surface area contributed by atoms with Crippen molar-refractivity contribution in [3.8, 4) is 5.75 Å². The Kier molecular flexibility index (Phi) is 3.28. The van der Waals surface area contributed by atoms with E-state index >= 15 is 0 Å². The summed E-state index contributed by atoms with van der Waals surface area (Å²) in [7, 11) is 0. The van der Waals surface area contributed by atoms with Crippen molar-refractivity contribution in [2.24, 2.45) is 5.92 Å². The van der Waals surface area contributed by atoms with Gasteiger partial charge in [-0.2, -0.15) is 0 Å². The summed E-state index contributed by atoms with van der Waals surface area (Å²) in [5.41, 5.74) is 1.68. The van der Waals surface area contributed by atoms with Crippen molar-refractivity contribution in [3.05, 3.63) is 29.8 Å². The zero-order valence-electron chi connectivity index (χ0n) is 12.1. The van der Waals surface area contributed by atoms with Gasteiger partial charge in [-0.1, -0.05) is 19.4 Å². The number of hydrogen-bond acceptors (Lipinski definition) is 2. The lowest BCUT2D eigenvalue weighted by atomic mass is 9.95. The molecule has 0 saturated heterocycles. The van der Waals surface area contributed by atoms with Crippen LogP contribution in [0.3, 0.4) is 0 Å². The third-order valence-electron chi connectivity index (χ3n) is 3.93. The average Bonchev–Trinajstić information content (AvgIpc) is 3.23. The molecule has 2 aliphatic rings. The van der Waals surface area contributed by atoms with E-state index in [1.165, 1.54) is 0 Å². The molecule has 1 saturated carbocycles. The summed E-state index contributed by atoms with van der Waals surface area (Å²) < 4.78 is 6.08. The van der Waals surface area contributed by atoms with Gasteiger partial charge >= 0.3 is 0 Å². The molecule has 1 aromatic rings. The minimum absolute atomic E-state index is 0.140. The highest BCUT2D eigenvalue weighted by Crippen LogP contribution is 2.35. The number of amides is 1. The van der Waals surface area contributed by atoms with Gasteiger partial charge in [-0.05, 0) is 50.5 Å². The molecule has 106 valence electrons. The van der Waals surface area contributed by atoms with E-state index in [-0.39, 0.29) is 17.4 Å². The Hall–Kier alpha value is -1.77. The molecule has 3 nitrogen and oxygen atoms in total. The van der Waals surface area contributed by atoms with Crippen molar-refractivity contribution >= 4 is 17.7 Å². The molecular weight excluding hydrogens is 250 g/mol. The van der Waals surface area contributed by atoms with Crippen LogP contribution < -0.4 is 10.1 Å². The van der Waals surface area contributed by atoms with Crippen molar-refractivity contribution in [2.75, 3.05) is 5.32 Å². The Morgan fingerprint density at radius 3 is 2.95 bits per heavy atom. The van der Waals surface area contributed by atoms with Crippen LogP contribution in [0.4, 0.5) is 5.69 Å². The number of hydrogen-bond donors (Lipinski definition) is 1. The first kappa shape index (κ1) is 13.2. The fourth-order valence-electron chi connectivity index (χ4n) is 2.62. The lowest BCUT2D eigenvalue weighted by molar-refractivity contribution is -0.117. The summed E-state index contributed by atoms with van der Waals surface area (Å²) in [5, 5.41) is 2.97. The van der Waals surface area contributed by atoms with Crippen LogP contribution in [-0.4, -0.2) is 11.5 Å². The third-order valence-corrected chi connectivity index (χ3v) is 3.93. The van der Waals surface area contributed by atoms with Gasteiger partial charge in [-0.15, -0.1) is 0 Å². The molecule has 1 fully saturated rings. The van der Waals surface area contributed by atoms with Crippen LogP contribution in [0.1, 0.15) is 45.1 Å². The predicted octanol–water partition coefficient (Wildman–Crippen LogP) is 4.00. The number of anilines is 1. The minimum atomic E-state index is -0.208. The topological polar surface area (TPSA) is 38.3 Å². The van der Waals surface area contributed by atoms with Crippen LogP contribution >= 0.6 is 0 Å². The normalized spacial score (nSPS) is 23.9. The molecule has 0 radical (unpaired) electrons. The summed E-state index contributed by atoms with van der Waals surface area (Å²) in [6, 6.07) is 5.86. The Bertz CT molecular complexity index is 560. The van der Waals surface area contributed by atoms with Crippen LogP contribution in [0.2, 0.25) is 0 Å². The summed E-state index contributed by atoms with van der Waals surface area (Å²) in [4.78, 5) is 11.8. The molecule has 1 aromatic carbocycles. The van der Waals surface area contributed by atoms with Crippen LogP contribution in [-0.2, 0) is 4.79 Å². The zero-order valence-corrected chi connectivity index (χ0v) is 12.1. The molecule has 1 aliphatic carbocycles. The van der Waals surface area contributed by atoms with E-state index in [0.717, 1.165) is 42.7 Å². The predicted molar refractivity (Wildman–Crippen MR) is 80.8 cm³/mol. The number of nitrogens with one attached hydrogen (secondary N) is 1. The first-order valence-electron chi connectivity index (χ1n) is 7.43. The largest absolute Gasteiger partial charge is 0.483 e. The van der Waals surface area contributed by atoms with Crippen LogP contribution in [0.25, 0.3) is 6.08 Å². The maximum absolute atomic E-state index is 11.8. The smallest absolute Gasteiger partial charge is 0.227 e. The first-order valence-corrected chi connectivity index (χ1v) is 7.43. The van der Waals surface area contributed by atoms with Gasteiger partial charge in [0.1, 0.15) is 11.4 Å². The van der Waals surface area contributed by atoms with E-state index in [1.807, 2.05) is 18.2 Å². The Morgan fingerprint density at radius 1 is 1.45 bits per heavy atom. The van der Waals surface area contributed by atoms with E-state index in [1.54, 1.807) is 0 Å². The van der Waals surface area contributed by atoms with Crippen LogP contribution in [0, 0.1) is 5.92 Å². The van der Waals surface area contributed by atoms with Crippen molar-refractivity contribution in [1.82, 2.24) is 0 Å². The van der Waals surface area contributed by atoms with Crippen molar-refractivity contribution < 1.29 is 9.53 Å². The van der Waals surface area contributed by atoms with Crippen molar-refractivity contribution in [1.29, 1.82) is 0 Å². The molecule has 1 unspecified atom stereocenters. The van der Waals surface area contributed by atoms with E-state index < -0.39 is 0 Å². The quantitative estimate of drug-likeness (QED) is 0.899. The standard InChI is InChI=1S/C17H21NO2/c1-3-9-17(2)10-8-13-11-14(6-7-15(13)20-17)18-16(19)12-4-5-12/h6-8,10-12H,3-5,9H2,1-2H3,(H,18,19). The Labute approximate surface area is 120 Å². The summed E-state index contributed by atoms with van der Waals surface area (Å²) in [5.74, 6) is 1.26. The molecule has 0 bridgehead atoms. The second kappa shape index (κ2) is 4.97. The van der Waals surface area contributed by atoms with E-state index in [9.17, 15) is 4.79 Å². The lowest BCUT2D eigenvalue weighted by Crippen LogP contribution is -2.31. The summed E-state index contributed by atoms with van der Waals surface area (Å²) in [6.07, 6.45) is 8.35. The summed E-state index contributed by atoms with van der Waals surface area (Å²) >= 11 is 0. The number of carbonyl (C=O) groups is 1. The lowest BCUT2D eigenvalue weighted by Gasteiger charge is -2.31. The van der Waals surface area contributed by atoms with Gasteiger partial charge in [0.25, 0.3) is 0 Å². The van der Waals surface area contributed by atoms with Crippen molar-refractivity contribution in [2.45, 2.75) is 45.1 Å². The van der Waals surface area contributed by atoms with Gasteiger partial charge < -0.3 is 10.1 Å². The molecule has 0 spiro atoms. The average molecular weight is 271 g/mol. The van der Waals surface area contributed by atoms with Crippen LogP contribution in [0.15, 0.2) is 24.3 Å². The maximum Gasteiger partial charge on any atom is 0.227 e. The van der Waals surface area contributed by atoms with Gasteiger partial charge in [-0.25, -0.2) is 0 Å². The first-order chi connectivity index (χ1) is 9.59. The third kappa shape index (κ3) is 2.72. The van der Waals surface area contributed by atoms with Gasteiger partial charge in [-0.3, -0.25) is 4.79 Å². The fraction of sp³-hybridized carbons (Fsp3) is 0.471. The monoisotopic (exact) mass is 271 g/mol. The number of ether oxygens (including phenoxy) is 1. The molecular formula is C17H21NO2. The molecule has 3 rings (SSSR count). The zero-order chi connectivity index (χ0) is 14.2. The Morgan fingerprint density at radius 2 is 2.25 bits per heavy atom. The molecule has 0 aromatic heterocycles. The Balaban J connectivity index is 1.76. The number of benzene rings is 1. The van der Waals surface area contributed by atoms with E-state index in [4.69, 9.17) is 4.74 Å². The maximum atomic E-state index is 11.8. The SMILES string of the molecule is CCCC1(C)C=Cc2cc(NC(=O)C3CC3)ccc2O1. The molecule has 1 N–H and O–H groups in total. The van der Waals surface area contributed by atoms with Crippen LogP contribution in [0.5, 0.6) is 5.75 Å². The second-order valence-electron chi connectivity index (χ2n) is 6.01. The molecule has 1 amide bonds. The minimum Gasteiger partial charge on any atom is -0.483 e. The molecule has 3 heteroatoms. The summed E-state index contributed by atoms with van der Waals surface area (Å²) in [6.45, 7) is 4.27. The molecule has 20 heavy (non-hydrogen) atoms. The molecule has 1 heterocycles. The number of rotatable bonds is 4. The number of fused-ring (bicyclic) bond motifs is 1.